The zero-order valence-electron chi connectivity index (χ0n) is 16.9. The number of hydrogen-bond donors (Lipinski definition) is 1. The summed E-state index contributed by atoms with van der Waals surface area (Å²) in [5.74, 6) is -1.91. The van der Waals surface area contributed by atoms with Gasteiger partial charge in [-0.05, 0) is 17.5 Å². The molecule has 1 saturated heterocycles. The number of unbranched alkanes of at least 4 members (excludes halogenated alkanes) is 1. The second-order valence-electron chi connectivity index (χ2n) is 7.26. The first-order chi connectivity index (χ1) is 14.5. The minimum atomic E-state index is -1.32. The van der Waals surface area contributed by atoms with Gasteiger partial charge in [0.2, 0.25) is 0 Å². The number of esters is 1. The van der Waals surface area contributed by atoms with Crippen LogP contribution in [0.15, 0.2) is 60.7 Å². The van der Waals surface area contributed by atoms with Gasteiger partial charge >= 0.3 is 18.0 Å². The molecule has 1 N–H and O–H groups in total. The summed E-state index contributed by atoms with van der Waals surface area (Å²) in [6, 6.07) is 15.3. The molecule has 2 amide bonds. The average molecular weight is 410 g/mol. The molecular formula is C23H26N2O5. The molecule has 3 rings (SSSR count). The van der Waals surface area contributed by atoms with Crippen molar-refractivity contribution >= 4 is 18.0 Å². The summed E-state index contributed by atoms with van der Waals surface area (Å²) in [5.41, 5.74) is 1.60. The Balaban J connectivity index is 1.92. The maximum absolute atomic E-state index is 13.3. The number of benzene rings is 2. The zero-order valence-corrected chi connectivity index (χ0v) is 16.9. The Bertz CT molecular complexity index is 872. The van der Waals surface area contributed by atoms with Gasteiger partial charge in [0.1, 0.15) is 0 Å². The van der Waals surface area contributed by atoms with Crippen LogP contribution < -0.4 is 0 Å². The molecule has 1 aliphatic rings. The smallest absolute Gasteiger partial charge is 0.331 e. The molecule has 7 nitrogen and oxygen atoms in total. The summed E-state index contributed by atoms with van der Waals surface area (Å²) < 4.78 is 5.34. The molecule has 1 fully saturated rings. The van der Waals surface area contributed by atoms with Gasteiger partial charge in [-0.25, -0.2) is 14.4 Å². The lowest BCUT2D eigenvalue weighted by Crippen LogP contribution is -2.48. The van der Waals surface area contributed by atoms with Crippen LogP contribution in [-0.2, 0) is 27.4 Å². The number of nitrogens with zero attached hydrogens (tertiary/aromatic N) is 2. The van der Waals surface area contributed by atoms with Crippen molar-refractivity contribution in [2.45, 2.75) is 44.9 Å². The Morgan fingerprint density at radius 3 is 1.87 bits per heavy atom. The molecule has 7 heteroatoms. The third-order valence-corrected chi connectivity index (χ3v) is 5.09. The molecule has 0 radical (unpaired) electrons. The van der Waals surface area contributed by atoms with E-state index in [1.165, 1.54) is 9.80 Å². The van der Waals surface area contributed by atoms with Crippen LogP contribution in [0.1, 0.15) is 30.9 Å². The van der Waals surface area contributed by atoms with Gasteiger partial charge in [0, 0.05) is 13.1 Å². The van der Waals surface area contributed by atoms with E-state index < -0.39 is 30.1 Å². The SMILES string of the molecule is CCCCOC(=O)[C@H]1[C@@H](C(=O)O)N(Cc2ccccc2)C(=O)N1Cc1ccccc1. The van der Waals surface area contributed by atoms with Crippen molar-refractivity contribution in [1.82, 2.24) is 9.80 Å². The second kappa shape index (κ2) is 9.91. The number of amides is 2. The highest BCUT2D eigenvalue weighted by molar-refractivity contribution is 5.96. The summed E-state index contributed by atoms with van der Waals surface area (Å²) in [4.78, 5) is 40.8. The Hall–Kier alpha value is -3.35. The minimum absolute atomic E-state index is 0.0979. The topological polar surface area (TPSA) is 87.1 Å². The summed E-state index contributed by atoms with van der Waals surface area (Å²) >= 11 is 0. The Morgan fingerprint density at radius 1 is 0.900 bits per heavy atom. The van der Waals surface area contributed by atoms with Crippen LogP contribution in [0.25, 0.3) is 0 Å². The van der Waals surface area contributed by atoms with E-state index >= 15 is 0 Å². The Labute approximate surface area is 175 Å². The normalized spacial score (nSPS) is 18.5. The van der Waals surface area contributed by atoms with Gasteiger partial charge in [-0.1, -0.05) is 74.0 Å². The fourth-order valence-corrected chi connectivity index (χ4v) is 3.56. The maximum Gasteiger partial charge on any atom is 0.331 e. The van der Waals surface area contributed by atoms with Gasteiger partial charge in [0.05, 0.1) is 6.61 Å². The second-order valence-corrected chi connectivity index (χ2v) is 7.26. The fraction of sp³-hybridized carbons (Fsp3) is 0.348. The van der Waals surface area contributed by atoms with E-state index in [1.807, 2.05) is 67.6 Å². The predicted octanol–water partition coefficient (Wildman–Crippen LogP) is 3.29. The average Bonchev–Trinajstić information content (AvgIpc) is 3.02. The standard InChI is InChI=1S/C23H26N2O5/c1-2-3-14-30-22(28)20-19(21(26)27)24(15-17-10-6-4-7-11-17)23(29)25(20)16-18-12-8-5-9-13-18/h4-13,19-20H,2-3,14-16H2,1H3,(H,26,27)/t19-,20+/m0/s1. The van der Waals surface area contributed by atoms with Crippen LogP contribution in [-0.4, -0.2) is 51.6 Å². The van der Waals surface area contributed by atoms with E-state index in [0.29, 0.717) is 6.42 Å². The molecule has 158 valence electrons. The Morgan fingerprint density at radius 2 is 1.40 bits per heavy atom. The number of urea groups is 1. The number of carbonyl (C=O) groups excluding carboxylic acids is 2. The van der Waals surface area contributed by atoms with E-state index in [9.17, 15) is 19.5 Å². The molecule has 1 aliphatic heterocycles. The number of ether oxygens (including phenoxy) is 1. The number of rotatable bonds is 9. The van der Waals surface area contributed by atoms with Gasteiger partial charge in [-0.15, -0.1) is 0 Å². The van der Waals surface area contributed by atoms with Crippen molar-refractivity contribution in [3.63, 3.8) is 0 Å². The van der Waals surface area contributed by atoms with E-state index in [-0.39, 0.29) is 19.7 Å². The molecule has 30 heavy (non-hydrogen) atoms. The molecule has 2 aromatic carbocycles. The van der Waals surface area contributed by atoms with Crippen LogP contribution in [0, 0.1) is 0 Å². The molecular weight excluding hydrogens is 384 g/mol. The molecule has 1 heterocycles. The minimum Gasteiger partial charge on any atom is -0.480 e. The monoisotopic (exact) mass is 410 g/mol. The third-order valence-electron chi connectivity index (χ3n) is 5.09. The van der Waals surface area contributed by atoms with Crippen LogP contribution in [0.2, 0.25) is 0 Å². The highest BCUT2D eigenvalue weighted by Crippen LogP contribution is 2.28. The summed E-state index contributed by atoms with van der Waals surface area (Å²) in [5, 5.41) is 9.93. The first-order valence-electron chi connectivity index (χ1n) is 10.1. The summed E-state index contributed by atoms with van der Waals surface area (Å²) in [7, 11) is 0. The predicted molar refractivity (Wildman–Crippen MR) is 110 cm³/mol. The third kappa shape index (κ3) is 4.79. The van der Waals surface area contributed by atoms with Gasteiger partial charge < -0.3 is 19.6 Å². The fourth-order valence-electron chi connectivity index (χ4n) is 3.56. The van der Waals surface area contributed by atoms with E-state index in [1.54, 1.807) is 0 Å². The number of hydrogen-bond acceptors (Lipinski definition) is 4. The summed E-state index contributed by atoms with van der Waals surface area (Å²) in [6.07, 6.45) is 1.52. The molecule has 0 aromatic heterocycles. The van der Waals surface area contributed by atoms with Crippen molar-refractivity contribution in [2.24, 2.45) is 0 Å². The first kappa shape index (κ1) is 21.4. The van der Waals surface area contributed by atoms with E-state index in [0.717, 1.165) is 17.5 Å². The molecule has 2 aromatic rings. The quantitative estimate of drug-likeness (QED) is 0.506. The molecule has 2 atom stereocenters. The molecule has 0 spiro atoms. The molecule has 0 aliphatic carbocycles. The van der Waals surface area contributed by atoms with Crippen molar-refractivity contribution in [1.29, 1.82) is 0 Å². The number of carbonyl (C=O) groups is 3. The highest BCUT2D eigenvalue weighted by Gasteiger charge is 2.53. The van der Waals surface area contributed by atoms with Gasteiger partial charge in [-0.2, -0.15) is 0 Å². The number of carboxylic acid groups (broad SMARTS) is 1. The molecule has 0 saturated carbocycles. The van der Waals surface area contributed by atoms with E-state index in [4.69, 9.17) is 4.74 Å². The van der Waals surface area contributed by atoms with Crippen molar-refractivity contribution in [3.05, 3.63) is 71.8 Å². The lowest BCUT2D eigenvalue weighted by molar-refractivity contribution is -0.155. The van der Waals surface area contributed by atoms with Gasteiger partial charge in [0.15, 0.2) is 12.1 Å². The highest BCUT2D eigenvalue weighted by atomic mass is 16.5. The maximum atomic E-state index is 13.3. The van der Waals surface area contributed by atoms with Crippen LogP contribution in [0.4, 0.5) is 4.79 Å². The van der Waals surface area contributed by atoms with Crippen LogP contribution >= 0.6 is 0 Å². The van der Waals surface area contributed by atoms with Crippen molar-refractivity contribution < 1.29 is 24.2 Å². The number of aliphatic carboxylic acids is 1. The van der Waals surface area contributed by atoms with E-state index in [2.05, 4.69) is 0 Å². The lowest BCUT2D eigenvalue weighted by Gasteiger charge is -2.23. The molecule has 0 bridgehead atoms. The first-order valence-corrected chi connectivity index (χ1v) is 10.1. The van der Waals surface area contributed by atoms with Crippen LogP contribution in [0.5, 0.6) is 0 Å². The Kier molecular flexibility index (Phi) is 7.06. The summed E-state index contributed by atoms with van der Waals surface area (Å²) in [6.45, 7) is 2.39. The van der Waals surface area contributed by atoms with Crippen molar-refractivity contribution in [2.75, 3.05) is 6.61 Å². The van der Waals surface area contributed by atoms with Crippen molar-refractivity contribution in [3.8, 4) is 0 Å². The van der Waals surface area contributed by atoms with Crippen LogP contribution in [0.3, 0.4) is 0 Å². The van der Waals surface area contributed by atoms with Gasteiger partial charge in [-0.3, -0.25) is 0 Å². The van der Waals surface area contributed by atoms with Gasteiger partial charge in [0.25, 0.3) is 0 Å². The molecule has 0 unspecified atom stereocenters. The largest absolute Gasteiger partial charge is 0.480 e. The lowest BCUT2D eigenvalue weighted by atomic mass is 10.1. The zero-order chi connectivity index (χ0) is 21.5. The number of carboxylic acids is 1.